The molecule has 2 heteroatoms. The largest absolute Gasteiger partial charge is 0.396 e. The maximum Gasteiger partial charge on any atom is 0.0431 e. The van der Waals surface area contributed by atoms with Crippen molar-refractivity contribution >= 4 is 0 Å². The van der Waals surface area contributed by atoms with E-state index in [1.54, 1.807) is 0 Å². The number of unbranched alkanes of at least 4 members (excludes halogenated alkanes) is 4. The summed E-state index contributed by atoms with van der Waals surface area (Å²) in [5.41, 5.74) is 0. The lowest BCUT2D eigenvalue weighted by Crippen LogP contribution is -2.37. The summed E-state index contributed by atoms with van der Waals surface area (Å²) in [6.07, 6.45) is 6.01. The van der Waals surface area contributed by atoms with E-state index in [0.29, 0.717) is 18.7 Å². The van der Waals surface area contributed by atoms with Crippen molar-refractivity contribution in [3.63, 3.8) is 0 Å². The van der Waals surface area contributed by atoms with E-state index in [0.717, 1.165) is 6.42 Å². The zero-order valence-corrected chi connectivity index (χ0v) is 11.0. The Balaban J connectivity index is 3.46. The molecule has 0 heterocycles. The van der Waals surface area contributed by atoms with Gasteiger partial charge in [-0.05, 0) is 47.1 Å². The van der Waals surface area contributed by atoms with Gasteiger partial charge in [-0.3, -0.25) is 4.90 Å². The Bertz CT molecular complexity index is 126. The van der Waals surface area contributed by atoms with Gasteiger partial charge in [0.05, 0.1) is 0 Å². The van der Waals surface area contributed by atoms with Crippen LogP contribution < -0.4 is 0 Å². The zero-order chi connectivity index (χ0) is 11.7. The van der Waals surface area contributed by atoms with E-state index in [-0.39, 0.29) is 0 Å². The topological polar surface area (TPSA) is 23.5 Å². The average Bonchev–Trinajstić information content (AvgIpc) is 2.15. The first-order valence-electron chi connectivity index (χ1n) is 6.46. The van der Waals surface area contributed by atoms with Crippen molar-refractivity contribution in [3.05, 3.63) is 0 Å². The molecule has 0 saturated heterocycles. The molecule has 0 amide bonds. The van der Waals surface area contributed by atoms with Crippen molar-refractivity contribution in [2.75, 3.05) is 13.2 Å². The van der Waals surface area contributed by atoms with Crippen LogP contribution >= 0.6 is 0 Å². The van der Waals surface area contributed by atoms with Crippen molar-refractivity contribution in [3.8, 4) is 0 Å². The van der Waals surface area contributed by atoms with Crippen LogP contribution in [0.5, 0.6) is 0 Å². The molecule has 2 nitrogen and oxygen atoms in total. The average molecular weight is 215 g/mol. The molecular weight excluding hydrogens is 186 g/mol. The van der Waals surface area contributed by atoms with Crippen LogP contribution in [0, 0.1) is 0 Å². The molecule has 0 atom stereocenters. The van der Waals surface area contributed by atoms with Gasteiger partial charge in [-0.1, -0.05) is 19.3 Å². The molecule has 0 aromatic heterocycles. The third-order valence-electron chi connectivity index (χ3n) is 2.90. The van der Waals surface area contributed by atoms with Crippen LogP contribution in [0.2, 0.25) is 0 Å². The van der Waals surface area contributed by atoms with E-state index in [1.165, 1.54) is 32.2 Å². The Morgan fingerprint density at radius 3 is 1.73 bits per heavy atom. The lowest BCUT2D eigenvalue weighted by Gasteiger charge is -2.30. The highest BCUT2D eigenvalue weighted by Gasteiger charge is 2.11. The molecule has 0 aromatic carbocycles. The van der Waals surface area contributed by atoms with Crippen LogP contribution in [0.1, 0.15) is 59.8 Å². The molecule has 0 aliphatic carbocycles. The second kappa shape index (κ2) is 9.17. The molecule has 0 radical (unpaired) electrons. The van der Waals surface area contributed by atoms with Crippen LogP contribution in [0.15, 0.2) is 0 Å². The molecule has 0 aliphatic rings. The van der Waals surface area contributed by atoms with E-state index < -0.39 is 0 Å². The van der Waals surface area contributed by atoms with Crippen molar-refractivity contribution in [1.82, 2.24) is 4.90 Å². The second-order valence-corrected chi connectivity index (χ2v) is 4.92. The highest BCUT2D eigenvalue weighted by molar-refractivity contribution is 4.66. The smallest absolute Gasteiger partial charge is 0.0431 e. The van der Waals surface area contributed by atoms with Gasteiger partial charge >= 0.3 is 0 Å². The molecule has 0 rings (SSSR count). The number of nitrogens with zero attached hydrogens (tertiary/aromatic N) is 1. The minimum Gasteiger partial charge on any atom is -0.396 e. The summed E-state index contributed by atoms with van der Waals surface area (Å²) in [5.74, 6) is 0. The van der Waals surface area contributed by atoms with E-state index in [1.807, 2.05) is 0 Å². The van der Waals surface area contributed by atoms with Crippen molar-refractivity contribution in [2.45, 2.75) is 71.9 Å². The van der Waals surface area contributed by atoms with Gasteiger partial charge in [-0.15, -0.1) is 0 Å². The summed E-state index contributed by atoms with van der Waals surface area (Å²) < 4.78 is 0. The fourth-order valence-electron chi connectivity index (χ4n) is 2.05. The normalized spacial score (nSPS) is 12.0. The van der Waals surface area contributed by atoms with E-state index >= 15 is 0 Å². The third kappa shape index (κ3) is 7.80. The second-order valence-electron chi connectivity index (χ2n) is 4.92. The minimum atomic E-state index is 0.351. The van der Waals surface area contributed by atoms with E-state index in [2.05, 4.69) is 32.6 Å². The number of hydrogen-bond donors (Lipinski definition) is 1. The fourth-order valence-corrected chi connectivity index (χ4v) is 2.05. The van der Waals surface area contributed by atoms with Crippen molar-refractivity contribution < 1.29 is 5.11 Å². The first-order valence-corrected chi connectivity index (χ1v) is 6.46. The standard InChI is InChI=1S/C13H29NO/c1-12(2)14(13(3)4)10-8-6-5-7-9-11-15/h12-13,15H,5-11H2,1-4H3. The maximum absolute atomic E-state index is 8.65. The molecule has 15 heavy (non-hydrogen) atoms. The number of hydrogen-bond acceptors (Lipinski definition) is 2. The molecule has 0 fully saturated rings. The quantitative estimate of drug-likeness (QED) is 0.598. The minimum absolute atomic E-state index is 0.351. The van der Waals surface area contributed by atoms with Gasteiger partial charge in [0.15, 0.2) is 0 Å². The van der Waals surface area contributed by atoms with Gasteiger partial charge in [0.25, 0.3) is 0 Å². The van der Waals surface area contributed by atoms with Crippen molar-refractivity contribution in [2.24, 2.45) is 0 Å². The van der Waals surface area contributed by atoms with Crippen LogP contribution in [0.4, 0.5) is 0 Å². The van der Waals surface area contributed by atoms with Crippen LogP contribution in [0.3, 0.4) is 0 Å². The molecule has 0 saturated carbocycles. The summed E-state index contributed by atoms with van der Waals surface area (Å²) >= 11 is 0. The molecule has 0 spiro atoms. The number of rotatable bonds is 9. The first kappa shape index (κ1) is 14.9. The first-order chi connectivity index (χ1) is 7.09. The summed E-state index contributed by atoms with van der Waals surface area (Å²) in [4.78, 5) is 2.55. The third-order valence-corrected chi connectivity index (χ3v) is 2.90. The Morgan fingerprint density at radius 2 is 1.27 bits per heavy atom. The SMILES string of the molecule is CC(C)N(CCCCCCCO)C(C)C. The van der Waals surface area contributed by atoms with Gasteiger partial charge in [-0.25, -0.2) is 0 Å². The highest BCUT2D eigenvalue weighted by Crippen LogP contribution is 2.09. The van der Waals surface area contributed by atoms with Crippen molar-refractivity contribution in [1.29, 1.82) is 0 Å². The monoisotopic (exact) mass is 215 g/mol. The summed E-state index contributed by atoms with van der Waals surface area (Å²) in [7, 11) is 0. The van der Waals surface area contributed by atoms with Gasteiger partial charge in [-0.2, -0.15) is 0 Å². The Hall–Kier alpha value is -0.0800. The Morgan fingerprint density at radius 1 is 0.800 bits per heavy atom. The highest BCUT2D eigenvalue weighted by atomic mass is 16.2. The molecule has 0 aliphatic heterocycles. The molecule has 0 unspecified atom stereocenters. The van der Waals surface area contributed by atoms with E-state index in [9.17, 15) is 0 Å². The summed E-state index contributed by atoms with van der Waals surface area (Å²) in [5, 5.41) is 8.65. The predicted octanol–water partition coefficient (Wildman–Crippen LogP) is 3.05. The van der Waals surface area contributed by atoms with Gasteiger partial charge in [0, 0.05) is 18.7 Å². The van der Waals surface area contributed by atoms with Crippen LogP contribution in [0.25, 0.3) is 0 Å². The molecule has 1 N–H and O–H groups in total. The summed E-state index contributed by atoms with van der Waals surface area (Å²) in [6, 6.07) is 1.31. The number of aliphatic hydroxyl groups is 1. The fraction of sp³-hybridized carbons (Fsp3) is 1.00. The lowest BCUT2D eigenvalue weighted by molar-refractivity contribution is 0.171. The Labute approximate surface area is 95.7 Å². The van der Waals surface area contributed by atoms with Gasteiger partial charge < -0.3 is 5.11 Å². The van der Waals surface area contributed by atoms with Gasteiger partial charge in [0.2, 0.25) is 0 Å². The molecule has 92 valence electrons. The maximum atomic E-state index is 8.65. The predicted molar refractivity (Wildman–Crippen MR) is 67.1 cm³/mol. The van der Waals surface area contributed by atoms with E-state index in [4.69, 9.17) is 5.11 Å². The van der Waals surface area contributed by atoms with Crippen LogP contribution in [-0.2, 0) is 0 Å². The molecule has 0 bridgehead atoms. The summed E-state index contributed by atoms with van der Waals surface area (Å²) in [6.45, 7) is 10.6. The number of aliphatic hydroxyl groups excluding tert-OH is 1. The van der Waals surface area contributed by atoms with Crippen LogP contribution in [-0.4, -0.2) is 35.2 Å². The lowest BCUT2D eigenvalue weighted by atomic mass is 10.1. The zero-order valence-electron chi connectivity index (χ0n) is 11.0. The molecule has 0 aromatic rings. The Kier molecular flexibility index (Phi) is 9.12. The molecular formula is C13H29NO. The van der Waals surface area contributed by atoms with Gasteiger partial charge in [0.1, 0.15) is 0 Å².